The van der Waals surface area contributed by atoms with Gasteiger partial charge in [0.2, 0.25) is 0 Å². The molecule has 0 unspecified atom stereocenters. The van der Waals surface area contributed by atoms with E-state index in [1.807, 2.05) is 0 Å². The smallest absolute Gasteiger partial charge is 0.407 e. The number of amides is 1. The number of likely N-dealkylation sites (tertiary alicyclic amines) is 1. The minimum absolute atomic E-state index is 0.0148. The lowest BCUT2D eigenvalue weighted by Crippen LogP contribution is -2.40. The van der Waals surface area contributed by atoms with Crippen LogP contribution in [0.3, 0.4) is 0 Å². The molecule has 0 atom stereocenters. The van der Waals surface area contributed by atoms with Crippen molar-refractivity contribution in [1.29, 1.82) is 0 Å². The Kier molecular flexibility index (Phi) is 6.10. The number of benzene rings is 1. The van der Waals surface area contributed by atoms with Gasteiger partial charge in [0.25, 0.3) is 5.69 Å². The summed E-state index contributed by atoms with van der Waals surface area (Å²) in [5.41, 5.74) is 0.911. The van der Waals surface area contributed by atoms with Crippen LogP contribution in [0.2, 0.25) is 0 Å². The Morgan fingerprint density at radius 2 is 2.00 bits per heavy atom. The topological polar surface area (TPSA) is 110 Å². The van der Waals surface area contributed by atoms with E-state index in [1.54, 1.807) is 31.2 Å². The van der Waals surface area contributed by atoms with Crippen molar-refractivity contribution in [2.45, 2.75) is 32.3 Å². The third-order valence-electron chi connectivity index (χ3n) is 4.12. The van der Waals surface area contributed by atoms with Crippen LogP contribution in [-0.2, 0) is 16.0 Å². The molecule has 1 aliphatic heterocycles. The Balaban J connectivity index is 1.91. The minimum Gasteiger partial charge on any atom is -0.465 e. The van der Waals surface area contributed by atoms with Gasteiger partial charge in [0, 0.05) is 43.1 Å². The second-order valence-electron chi connectivity index (χ2n) is 5.85. The van der Waals surface area contributed by atoms with E-state index in [9.17, 15) is 19.7 Å². The van der Waals surface area contributed by atoms with Gasteiger partial charge in [-0.2, -0.15) is 0 Å². The van der Waals surface area contributed by atoms with Crippen LogP contribution in [0.5, 0.6) is 0 Å². The molecule has 1 aliphatic rings. The highest BCUT2D eigenvalue weighted by atomic mass is 16.6. The van der Waals surface area contributed by atoms with Crippen LogP contribution in [0.1, 0.15) is 25.3 Å². The van der Waals surface area contributed by atoms with Crippen molar-refractivity contribution in [3.8, 4) is 0 Å². The monoisotopic (exact) mass is 348 g/mol. The molecule has 8 heteroatoms. The summed E-state index contributed by atoms with van der Waals surface area (Å²) in [6, 6.07) is 6.37. The quantitative estimate of drug-likeness (QED) is 0.379. The number of rotatable bonds is 5. The van der Waals surface area contributed by atoms with Crippen LogP contribution in [0.25, 0.3) is 0 Å². The Hall–Kier alpha value is -2.90. The maximum atomic E-state index is 12.1. The van der Waals surface area contributed by atoms with Crippen LogP contribution in [0.4, 0.5) is 10.5 Å². The summed E-state index contributed by atoms with van der Waals surface area (Å²) in [6.07, 6.45) is 1.53. The fourth-order valence-electron chi connectivity index (χ4n) is 2.62. The molecule has 1 amide bonds. The zero-order valence-corrected chi connectivity index (χ0v) is 13.9. The zero-order chi connectivity index (χ0) is 18.4. The predicted octanol–water partition coefficient (Wildman–Crippen LogP) is 2.77. The molecule has 1 aromatic rings. The molecular formula is C17H20N2O6. The molecule has 1 N–H and O–H groups in total. The number of carbonyl (C=O) groups is 2. The molecule has 0 aromatic heterocycles. The summed E-state index contributed by atoms with van der Waals surface area (Å²) < 4.78 is 5.39. The van der Waals surface area contributed by atoms with Gasteiger partial charge in [0.1, 0.15) is 6.10 Å². The van der Waals surface area contributed by atoms with Crippen molar-refractivity contribution in [3.63, 3.8) is 0 Å². The Bertz CT molecular complexity index is 692. The molecule has 0 spiro atoms. The van der Waals surface area contributed by atoms with E-state index in [-0.39, 0.29) is 18.2 Å². The lowest BCUT2D eigenvalue weighted by molar-refractivity contribution is -0.385. The summed E-state index contributed by atoms with van der Waals surface area (Å²) in [5.74, 6) is -0.479. The number of hydrogen-bond donors (Lipinski definition) is 1. The van der Waals surface area contributed by atoms with Crippen LogP contribution >= 0.6 is 0 Å². The fraction of sp³-hybridized carbons (Fsp3) is 0.412. The average Bonchev–Trinajstić information content (AvgIpc) is 2.60. The molecule has 1 aromatic carbocycles. The van der Waals surface area contributed by atoms with Gasteiger partial charge >= 0.3 is 12.1 Å². The number of nitro groups is 1. The minimum atomic E-state index is -0.967. The maximum Gasteiger partial charge on any atom is 0.407 e. The number of ether oxygens (including phenoxy) is 1. The van der Waals surface area contributed by atoms with Gasteiger partial charge in [0.05, 0.1) is 4.92 Å². The molecule has 1 heterocycles. The normalized spacial score (nSPS) is 15.7. The fourth-order valence-corrected chi connectivity index (χ4v) is 2.62. The largest absolute Gasteiger partial charge is 0.465 e. The predicted molar refractivity (Wildman–Crippen MR) is 89.3 cm³/mol. The highest BCUT2D eigenvalue weighted by molar-refractivity contribution is 5.87. The molecule has 0 saturated carbocycles. The van der Waals surface area contributed by atoms with Crippen molar-refractivity contribution in [2.75, 3.05) is 13.1 Å². The molecule has 0 aliphatic carbocycles. The van der Waals surface area contributed by atoms with E-state index in [1.165, 1.54) is 11.0 Å². The standard InChI is InChI=1S/C17H20N2O6/c1-12(6-7-13-4-2-3-5-15(13)19(23)24)16(20)25-14-8-10-18(11-9-14)17(21)22/h2-6,14H,7-11H2,1H3,(H,21,22). The summed E-state index contributed by atoms with van der Waals surface area (Å²) in [6.45, 7) is 2.28. The number of carbonyl (C=O) groups excluding carboxylic acids is 1. The van der Waals surface area contributed by atoms with Crippen molar-refractivity contribution in [2.24, 2.45) is 0 Å². The lowest BCUT2D eigenvalue weighted by atomic mass is 10.1. The number of esters is 1. The van der Waals surface area contributed by atoms with Gasteiger partial charge in [-0.1, -0.05) is 24.3 Å². The second-order valence-corrected chi connectivity index (χ2v) is 5.85. The number of nitro benzene ring substituents is 1. The van der Waals surface area contributed by atoms with Crippen LogP contribution in [0.15, 0.2) is 35.9 Å². The molecule has 2 rings (SSSR count). The van der Waals surface area contributed by atoms with E-state index in [2.05, 4.69) is 0 Å². The van der Waals surface area contributed by atoms with Crippen LogP contribution < -0.4 is 0 Å². The third-order valence-corrected chi connectivity index (χ3v) is 4.12. The first kappa shape index (κ1) is 18.4. The molecule has 8 nitrogen and oxygen atoms in total. The van der Waals surface area contributed by atoms with Crippen molar-refractivity contribution in [1.82, 2.24) is 4.90 Å². The molecule has 1 fully saturated rings. The number of carboxylic acid groups (broad SMARTS) is 1. The van der Waals surface area contributed by atoms with Gasteiger partial charge in [-0.25, -0.2) is 9.59 Å². The molecular weight excluding hydrogens is 328 g/mol. The van der Waals surface area contributed by atoms with Crippen molar-refractivity contribution >= 4 is 17.7 Å². The highest BCUT2D eigenvalue weighted by Gasteiger charge is 2.25. The molecule has 134 valence electrons. The van der Waals surface area contributed by atoms with Gasteiger partial charge < -0.3 is 14.7 Å². The van der Waals surface area contributed by atoms with Gasteiger partial charge in [0.15, 0.2) is 0 Å². The first-order valence-corrected chi connectivity index (χ1v) is 7.96. The van der Waals surface area contributed by atoms with Crippen molar-refractivity contribution in [3.05, 3.63) is 51.6 Å². The number of para-hydroxylation sites is 1. The van der Waals surface area contributed by atoms with E-state index in [4.69, 9.17) is 9.84 Å². The first-order valence-electron chi connectivity index (χ1n) is 7.96. The van der Waals surface area contributed by atoms with E-state index < -0.39 is 17.0 Å². The Morgan fingerprint density at radius 3 is 2.60 bits per heavy atom. The molecule has 0 bridgehead atoms. The van der Waals surface area contributed by atoms with Gasteiger partial charge in [-0.3, -0.25) is 10.1 Å². The van der Waals surface area contributed by atoms with Gasteiger partial charge in [-0.15, -0.1) is 0 Å². The van der Waals surface area contributed by atoms with Gasteiger partial charge in [-0.05, 0) is 13.3 Å². The zero-order valence-electron chi connectivity index (χ0n) is 13.9. The number of allylic oxidation sites excluding steroid dienone is 1. The van der Waals surface area contributed by atoms with E-state index >= 15 is 0 Å². The van der Waals surface area contributed by atoms with E-state index in [0.29, 0.717) is 37.1 Å². The number of nitrogens with zero attached hydrogens (tertiary/aromatic N) is 2. The van der Waals surface area contributed by atoms with Crippen LogP contribution in [-0.4, -0.2) is 46.2 Å². The van der Waals surface area contributed by atoms with Crippen LogP contribution in [0, 0.1) is 10.1 Å². The average molecular weight is 348 g/mol. The summed E-state index contributed by atoms with van der Waals surface area (Å²) >= 11 is 0. The molecule has 25 heavy (non-hydrogen) atoms. The Morgan fingerprint density at radius 1 is 1.36 bits per heavy atom. The number of hydrogen-bond acceptors (Lipinski definition) is 5. The number of piperidine rings is 1. The van der Waals surface area contributed by atoms with E-state index in [0.717, 1.165) is 0 Å². The highest BCUT2D eigenvalue weighted by Crippen LogP contribution is 2.20. The molecule has 1 saturated heterocycles. The summed E-state index contributed by atoms with van der Waals surface area (Å²) in [4.78, 5) is 34.8. The molecule has 0 radical (unpaired) electrons. The SMILES string of the molecule is CC(=CCc1ccccc1[N+](=O)[O-])C(=O)OC1CCN(C(=O)O)CC1. The Labute approximate surface area is 144 Å². The van der Waals surface area contributed by atoms with Crippen molar-refractivity contribution < 1.29 is 24.4 Å². The maximum absolute atomic E-state index is 12.1. The summed E-state index contributed by atoms with van der Waals surface area (Å²) in [5, 5.41) is 19.9. The second kappa shape index (κ2) is 8.27. The lowest BCUT2D eigenvalue weighted by Gasteiger charge is -2.29. The first-order chi connectivity index (χ1) is 11.9. The third kappa shape index (κ3) is 5.03. The summed E-state index contributed by atoms with van der Waals surface area (Å²) in [7, 11) is 0.